The van der Waals surface area contributed by atoms with Crippen molar-refractivity contribution in [1.29, 1.82) is 0 Å². The first-order valence-corrected chi connectivity index (χ1v) is 8.17. The third-order valence-electron chi connectivity index (χ3n) is 3.93. The Morgan fingerprint density at radius 1 is 1.10 bits per heavy atom. The number of hydrogen-bond acceptors (Lipinski definition) is 1. The first-order chi connectivity index (χ1) is 10.2. The van der Waals surface area contributed by atoms with Crippen molar-refractivity contribution < 1.29 is 9.13 Å². The SMILES string of the molecule is Fc1cc(Br)ccc1-c1ccc(CC2CCCCO2)cc1. The van der Waals surface area contributed by atoms with E-state index in [0.29, 0.717) is 11.7 Å². The summed E-state index contributed by atoms with van der Waals surface area (Å²) in [5.41, 5.74) is 2.80. The fourth-order valence-corrected chi connectivity index (χ4v) is 3.11. The predicted molar refractivity (Wildman–Crippen MR) is 86.8 cm³/mol. The predicted octanol–water partition coefficient (Wildman–Crippen LogP) is 5.37. The normalized spacial score (nSPS) is 18.7. The lowest BCUT2D eigenvalue weighted by Crippen LogP contribution is -2.21. The summed E-state index contributed by atoms with van der Waals surface area (Å²) >= 11 is 3.28. The summed E-state index contributed by atoms with van der Waals surface area (Å²) in [5.74, 6) is -0.201. The number of halogens is 2. The molecule has 0 saturated carbocycles. The smallest absolute Gasteiger partial charge is 0.132 e. The Morgan fingerprint density at radius 2 is 1.90 bits per heavy atom. The summed E-state index contributed by atoms with van der Waals surface area (Å²) in [5, 5.41) is 0. The molecule has 0 radical (unpaired) electrons. The molecule has 1 atom stereocenters. The Bertz CT molecular complexity index is 603. The molecule has 1 aliphatic rings. The quantitative estimate of drug-likeness (QED) is 0.724. The van der Waals surface area contributed by atoms with E-state index in [4.69, 9.17) is 4.74 Å². The van der Waals surface area contributed by atoms with Crippen LogP contribution in [0.5, 0.6) is 0 Å². The first-order valence-electron chi connectivity index (χ1n) is 7.38. The molecule has 2 aromatic rings. The Hall–Kier alpha value is -1.19. The van der Waals surface area contributed by atoms with Crippen LogP contribution >= 0.6 is 15.9 Å². The molecule has 21 heavy (non-hydrogen) atoms. The molecule has 0 amide bonds. The average Bonchev–Trinajstić information content (AvgIpc) is 2.49. The zero-order chi connectivity index (χ0) is 14.7. The highest BCUT2D eigenvalue weighted by atomic mass is 79.9. The molecular weight excluding hydrogens is 331 g/mol. The van der Waals surface area contributed by atoms with E-state index in [1.54, 1.807) is 6.07 Å². The van der Waals surface area contributed by atoms with Crippen molar-refractivity contribution in [2.75, 3.05) is 6.61 Å². The van der Waals surface area contributed by atoms with Gasteiger partial charge in [-0.2, -0.15) is 0 Å². The second kappa shape index (κ2) is 6.71. The fraction of sp³-hybridized carbons (Fsp3) is 0.333. The summed E-state index contributed by atoms with van der Waals surface area (Å²) in [6.07, 6.45) is 4.87. The van der Waals surface area contributed by atoms with E-state index < -0.39 is 0 Å². The van der Waals surface area contributed by atoms with Crippen LogP contribution in [-0.4, -0.2) is 12.7 Å². The van der Waals surface area contributed by atoms with Gasteiger partial charge in [-0.05, 0) is 48.9 Å². The maximum absolute atomic E-state index is 14.0. The molecule has 3 heteroatoms. The first kappa shape index (κ1) is 14.7. The zero-order valence-electron chi connectivity index (χ0n) is 11.8. The minimum atomic E-state index is -0.201. The van der Waals surface area contributed by atoms with Crippen molar-refractivity contribution in [2.45, 2.75) is 31.8 Å². The third kappa shape index (κ3) is 3.72. The summed E-state index contributed by atoms with van der Waals surface area (Å²) in [6, 6.07) is 13.3. The lowest BCUT2D eigenvalue weighted by molar-refractivity contribution is 0.0168. The summed E-state index contributed by atoms with van der Waals surface area (Å²) in [4.78, 5) is 0. The van der Waals surface area contributed by atoms with Gasteiger partial charge < -0.3 is 4.74 Å². The standard InChI is InChI=1S/C18H18BrFO/c19-15-8-9-17(18(20)12-15)14-6-4-13(5-7-14)11-16-3-1-2-10-21-16/h4-9,12,16H,1-3,10-11H2. The molecule has 1 nitrogen and oxygen atoms in total. The van der Waals surface area contributed by atoms with Crippen LogP contribution in [0.15, 0.2) is 46.9 Å². The molecule has 0 N–H and O–H groups in total. The molecule has 2 aromatic carbocycles. The van der Waals surface area contributed by atoms with E-state index >= 15 is 0 Å². The molecule has 0 aliphatic carbocycles. The molecular formula is C18H18BrFO. The summed E-state index contributed by atoms with van der Waals surface area (Å²) < 4.78 is 20.5. The summed E-state index contributed by atoms with van der Waals surface area (Å²) in [6.45, 7) is 0.882. The molecule has 1 heterocycles. The van der Waals surface area contributed by atoms with E-state index in [1.807, 2.05) is 18.2 Å². The van der Waals surface area contributed by atoms with Gasteiger partial charge in [-0.15, -0.1) is 0 Å². The monoisotopic (exact) mass is 348 g/mol. The van der Waals surface area contributed by atoms with Gasteiger partial charge in [0.25, 0.3) is 0 Å². The highest BCUT2D eigenvalue weighted by Crippen LogP contribution is 2.26. The van der Waals surface area contributed by atoms with Crippen LogP contribution < -0.4 is 0 Å². The van der Waals surface area contributed by atoms with E-state index in [-0.39, 0.29) is 5.82 Å². The maximum atomic E-state index is 14.0. The van der Waals surface area contributed by atoms with Gasteiger partial charge in [-0.25, -0.2) is 4.39 Å². The number of rotatable bonds is 3. The fourth-order valence-electron chi connectivity index (χ4n) is 2.78. The number of hydrogen-bond donors (Lipinski definition) is 0. The van der Waals surface area contributed by atoms with Crippen LogP contribution in [0, 0.1) is 5.82 Å². The van der Waals surface area contributed by atoms with E-state index in [2.05, 4.69) is 28.1 Å². The van der Waals surface area contributed by atoms with Crippen LogP contribution in [0.2, 0.25) is 0 Å². The Kier molecular flexibility index (Phi) is 4.71. The van der Waals surface area contributed by atoms with Gasteiger partial charge in [0.05, 0.1) is 6.10 Å². The van der Waals surface area contributed by atoms with Crippen LogP contribution in [0.4, 0.5) is 4.39 Å². The molecule has 110 valence electrons. The third-order valence-corrected chi connectivity index (χ3v) is 4.43. The highest BCUT2D eigenvalue weighted by Gasteiger charge is 2.14. The number of benzene rings is 2. The van der Waals surface area contributed by atoms with Crippen molar-refractivity contribution in [2.24, 2.45) is 0 Å². The van der Waals surface area contributed by atoms with Gasteiger partial charge in [0.2, 0.25) is 0 Å². The van der Waals surface area contributed by atoms with Crippen LogP contribution in [0.25, 0.3) is 11.1 Å². The van der Waals surface area contributed by atoms with E-state index in [9.17, 15) is 4.39 Å². The van der Waals surface area contributed by atoms with Crippen molar-refractivity contribution in [3.63, 3.8) is 0 Å². The largest absolute Gasteiger partial charge is 0.378 e. The molecule has 1 aliphatic heterocycles. The maximum Gasteiger partial charge on any atom is 0.132 e. The lowest BCUT2D eigenvalue weighted by Gasteiger charge is -2.22. The molecule has 0 aromatic heterocycles. The Balaban J connectivity index is 1.74. The van der Waals surface area contributed by atoms with Gasteiger partial charge in [0.15, 0.2) is 0 Å². The van der Waals surface area contributed by atoms with Crippen molar-refractivity contribution in [1.82, 2.24) is 0 Å². The van der Waals surface area contributed by atoms with Crippen molar-refractivity contribution in [3.05, 3.63) is 58.3 Å². The van der Waals surface area contributed by atoms with Crippen LogP contribution in [-0.2, 0) is 11.2 Å². The van der Waals surface area contributed by atoms with Gasteiger partial charge in [0.1, 0.15) is 5.82 Å². The topological polar surface area (TPSA) is 9.23 Å². The van der Waals surface area contributed by atoms with Gasteiger partial charge in [0, 0.05) is 16.6 Å². The molecule has 0 spiro atoms. The highest BCUT2D eigenvalue weighted by molar-refractivity contribution is 9.10. The average molecular weight is 349 g/mol. The molecule has 0 bridgehead atoms. The number of ether oxygens (including phenoxy) is 1. The Labute approximate surface area is 133 Å². The Morgan fingerprint density at radius 3 is 2.57 bits per heavy atom. The lowest BCUT2D eigenvalue weighted by atomic mass is 9.98. The second-order valence-electron chi connectivity index (χ2n) is 5.51. The second-order valence-corrected chi connectivity index (χ2v) is 6.43. The molecule has 3 rings (SSSR count). The zero-order valence-corrected chi connectivity index (χ0v) is 13.4. The van der Waals surface area contributed by atoms with Crippen LogP contribution in [0.3, 0.4) is 0 Å². The molecule has 1 saturated heterocycles. The van der Waals surface area contributed by atoms with Crippen molar-refractivity contribution in [3.8, 4) is 11.1 Å². The summed E-state index contributed by atoms with van der Waals surface area (Å²) in [7, 11) is 0. The van der Waals surface area contributed by atoms with Crippen molar-refractivity contribution >= 4 is 15.9 Å². The van der Waals surface area contributed by atoms with E-state index in [0.717, 1.165) is 29.5 Å². The van der Waals surface area contributed by atoms with Gasteiger partial charge >= 0.3 is 0 Å². The van der Waals surface area contributed by atoms with E-state index in [1.165, 1.54) is 24.5 Å². The molecule has 1 fully saturated rings. The van der Waals surface area contributed by atoms with Gasteiger partial charge in [-0.1, -0.05) is 46.3 Å². The van der Waals surface area contributed by atoms with Crippen LogP contribution in [0.1, 0.15) is 24.8 Å². The van der Waals surface area contributed by atoms with Gasteiger partial charge in [-0.3, -0.25) is 0 Å². The minimum absolute atomic E-state index is 0.201. The minimum Gasteiger partial charge on any atom is -0.378 e. The molecule has 1 unspecified atom stereocenters.